The van der Waals surface area contributed by atoms with E-state index in [4.69, 9.17) is 42.1 Å². The Morgan fingerprint density at radius 2 is 1.71 bits per heavy atom. The summed E-state index contributed by atoms with van der Waals surface area (Å²) in [4.78, 5) is 35.5. The van der Waals surface area contributed by atoms with Crippen LogP contribution in [0.1, 0.15) is 46.1 Å². The zero-order valence-corrected chi connectivity index (χ0v) is 28.6. The standard InChI is InChI=1S/C36H36Cl2N4O7/c1-46-31-11-9-24(16-33(31)47-2)32(17-28-29(37)20-41(45)21-30(28)38)48-35(43)25-8-10-26(39-18-25)19-42(27-6-4-3-5-7-27)36(44)49-34-22-40-14-12-23(34)13-15-40/h3-11,16,18,20-21,23,32,34H,12-15,17,19,22H2,1-2H3/t32-,34-/m0/s1. The molecule has 3 aliphatic rings. The number of fused-ring (bicyclic) bond motifs is 3. The second-order valence-electron chi connectivity index (χ2n) is 12.0. The molecule has 0 spiro atoms. The number of piperidine rings is 3. The van der Waals surface area contributed by atoms with Gasteiger partial charge < -0.3 is 24.2 Å². The number of methoxy groups -OCH3 is 2. The highest BCUT2D eigenvalue weighted by molar-refractivity contribution is 6.35. The molecule has 7 rings (SSSR count). The van der Waals surface area contributed by atoms with Crippen molar-refractivity contribution < 1.29 is 33.3 Å². The van der Waals surface area contributed by atoms with Crippen molar-refractivity contribution in [2.24, 2.45) is 5.92 Å². The Hall–Kier alpha value is -4.58. The van der Waals surface area contributed by atoms with Gasteiger partial charge in [0, 0.05) is 30.4 Å². The van der Waals surface area contributed by atoms with E-state index >= 15 is 0 Å². The molecule has 2 aromatic carbocycles. The number of para-hydroxylation sites is 1. The van der Waals surface area contributed by atoms with Gasteiger partial charge in [-0.05, 0) is 73.8 Å². The Kier molecular flexibility index (Phi) is 10.7. The van der Waals surface area contributed by atoms with E-state index in [0.717, 1.165) is 32.5 Å². The number of anilines is 1. The molecule has 0 aliphatic carbocycles. The molecule has 2 atom stereocenters. The average molecular weight is 708 g/mol. The van der Waals surface area contributed by atoms with Crippen molar-refractivity contribution >= 4 is 41.0 Å². The number of halogens is 2. The monoisotopic (exact) mass is 706 g/mol. The minimum atomic E-state index is -0.876. The number of amides is 1. The zero-order chi connectivity index (χ0) is 34.5. The number of aromatic nitrogens is 2. The molecule has 3 saturated heterocycles. The lowest BCUT2D eigenvalue weighted by Gasteiger charge is -2.44. The average Bonchev–Trinajstić information content (AvgIpc) is 3.12. The smallest absolute Gasteiger partial charge is 0.414 e. The first-order valence-corrected chi connectivity index (χ1v) is 16.7. The molecule has 3 aliphatic heterocycles. The van der Waals surface area contributed by atoms with E-state index in [0.29, 0.717) is 44.7 Å². The van der Waals surface area contributed by atoms with Gasteiger partial charge in [-0.15, -0.1) is 0 Å². The number of nitrogens with zero attached hydrogens (tertiary/aromatic N) is 4. The predicted molar refractivity (Wildman–Crippen MR) is 183 cm³/mol. The van der Waals surface area contributed by atoms with Gasteiger partial charge in [-0.2, -0.15) is 4.73 Å². The fourth-order valence-electron chi connectivity index (χ4n) is 6.30. The first kappa shape index (κ1) is 34.3. The molecule has 11 nitrogen and oxygen atoms in total. The van der Waals surface area contributed by atoms with Crippen LogP contribution in [-0.2, 0) is 22.4 Å². The number of pyridine rings is 2. The molecule has 4 aromatic rings. The zero-order valence-electron chi connectivity index (χ0n) is 27.1. The molecule has 2 aromatic heterocycles. The number of hydrogen-bond acceptors (Lipinski definition) is 9. The van der Waals surface area contributed by atoms with Crippen LogP contribution in [0, 0.1) is 11.1 Å². The molecule has 0 unspecified atom stereocenters. The molecule has 3 fully saturated rings. The molecule has 0 saturated carbocycles. The normalized spacial score (nSPS) is 18.7. The Labute approximate surface area is 294 Å². The second-order valence-corrected chi connectivity index (χ2v) is 12.8. The maximum absolute atomic E-state index is 13.6. The lowest BCUT2D eigenvalue weighted by molar-refractivity contribution is -0.605. The van der Waals surface area contributed by atoms with Crippen LogP contribution in [-0.4, -0.2) is 61.9 Å². The van der Waals surface area contributed by atoms with Crippen LogP contribution in [0.2, 0.25) is 10.0 Å². The van der Waals surface area contributed by atoms with Gasteiger partial charge in [0.15, 0.2) is 23.9 Å². The summed E-state index contributed by atoms with van der Waals surface area (Å²) in [6, 6.07) is 17.7. The number of carbonyl (C=O) groups is 2. The number of ether oxygens (including phenoxy) is 4. The van der Waals surface area contributed by atoms with Crippen molar-refractivity contribution in [3.8, 4) is 11.5 Å². The Morgan fingerprint density at radius 3 is 2.33 bits per heavy atom. The van der Waals surface area contributed by atoms with E-state index in [-0.39, 0.29) is 34.7 Å². The van der Waals surface area contributed by atoms with Crippen LogP contribution in [0.4, 0.5) is 10.5 Å². The van der Waals surface area contributed by atoms with E-state index < -0.39 is 18.2 Å². The molecule has 49 heavy (non-hydrogen) atoms. The lowest BCUT2D eigenvalue weighted by atomic mass is 9.86. The topological polar surface area (TPSA) is 117 Å². The molecular weight excluding hydrogens is 671 g/mol. The number of rotatable bonds is 11. The summed E-state index contributed by atoms with van der Waals surface area (Å²) in [7, 11) is 3.03. The third-order valence-corrected chi connectivity index (χ3v) is 9.64. The van der Waals surface area contributed by atoms with Crippen LogP contribution in [0.3, 0.4) is 0 Å². The van der Waals surface area contributed by atoms with Crippen LogP contribution < -0.4 is 19.1 Å². The van der Waals surface area contributed by atoms with Crippen LogP contribution in [0.15, 0.2) is 79.3 Å². The van der Waals surface area contributed by atoms with Crippen molar-refractivity contribution in [3.05, 3.63) is 117 Å². The van der Waals surface area contributed by atoms with E-state index in [1.54, 1.807) is 35.2 Å². The van der Waals surface area contributed by atoms with E-state index in [9.17, 15) is 14.8 Å². The van der Waals surface area contributed by atoms with Gasteiger partial charge in [-0.1, -0.05) is 47.5 Å². The third kappa shape index (κ3) is 8.01. The summed E-state index contributed by atoms with van der Waals surface area (Å²) in [5.74, 6) is 0.651. The molecule has 1 amide bonds. The second kappa shape index (κ2) is 15.3. The number of benzene rings is 2. The van der Waals surface area contributed by atoms with Crippen molar-refractivity contribution in [1.82, 2.24) is 9.88 Å². The molecule has 13 heteroatoms. The quantitative estimate of drug-likeness (QED) is 0.0990. The van der Waals surface area contributed by atoms with Gasteiger partial charge in [0.1, 0.15) is 22.3 Å². The third-order valence-electron chi connectivity index (χ3n) is 8.99. The minimum absolute atomic E-state index is 0.0685. The highest BCUT2D eigenvalue weighted by Gasteiger charge is 2.37. The highest BCUT2D eigenvalue weighted by atomic mass is 35.5. The van der Waals surface area contributed by atoms with Crippen molar-refractivity contribution in [2.45, 2.75) is 38.0 Å². The molecular formula is C36H36Cl2N4O7. The number of hydrogen-bond donors (Lipinski definition) is 0. The molecule has 2 bridgehead atoms. The first-order chi connectivity index (χ1) is 23.7. The minimum Gasteiger partial charge on any atom is -0.619 e. The summed E-state index contributed by atoms with van der Waals surface area (Å²) in [6.07, 6.45) is 4.45. The van der Waals surface area contributed by atoms with E-state index in [1.165, 1.54) is 32.8 Å². The molecule has 0 N–H and O–H groups in total. The van der Waals surface area contributed by atoms with Gasteiger partial charge >= 0.3 is 12.1 Å². The predicted octanol–water partition coefficient (Wildman–Crippen LogP) is 6.42. The first-order valence-electron chi connectivity index (χ1n) is 15.9. The van der Waals surface area contributed by atoms with Gasteiger partial charge in [0.2, 0.25) is 0 Å². The summed E-state index contributed by atoms with van der Waals surface area (Å²) in [5.41, 5.74) is 2.44. The van der Waals surface area contributed by atoms with E-state index in [2.05, 4.69) is 9.88 Å². The van der Waals surface area contributed by atoms with Gasteiger partial charge in [-0.25, -0.2) is 9.59 Å². The van der Waals surface area contributed by atoms with Crippen LogP contribution >= 0.6 is 23.2 Å². The maximum Gasteiger partial charge on any atom is 0.414 e. The summed E-state index contributed by atoms with van der Waals surface area (Å²) in [6.45, 7) is 2.98. The molecule has 256 valence electrons. The SMILES string of the molecule is COc1ccc([C@H](Cc2c(Cl)c[n+]([O-])cc2Cl)OC(=O)c2ccc(CN(C(=O)O[C@H]3CN4CCC3CC4)c3ccccc3)nc2)cc1OC. The lowest BCUT2D eigenvalue weighted by Crippen LogP contribution is -2.53. The van der Waals surface area contributed by atoms with Crippen LogP contribution in [0.25, 0.3) is 0 Å². The van der Waals surface area contributed by atoms with Gasteiger partial charge in [0.05, 0.1) is 32.0 Å². The fraction of sp³-hybridized carbons (Fsp3) is 0.333. The summed E-state index contributed by atoms with van der Waals surface area (Å²) < 4.78 is 23.4. The summed E-state index contributed by atoms with van der Waals surface area (Å²) >= 11 is 12.8. The maximum atomic E-state index is 13.6. The van der Waals surface area contributed by atoms with E-state index in [1.807, 2.05) is 30.3 Å². The van der Waals surface area contributed by atoms with Crippen LogP contribution in [0.5, 0.6) is 11.5 Å². The van der Waals surface area contributed by atoms with Crippen molar-refractivity contribution in [1.29, 1.82) is 0 Å². The fourth-order valence-corrected chi connectivity index (χ4v) is 6.89. The van der Waals surface area contributed by atoms with Gasteiger partial charge in [-0.3, -0.25) is 14.8 Å². The van der Waals surface area contributed by atoms with Gasteiger partial charge in [0.25, 0.3) is 0 Å². The number of carbonyl (C=O) groups excluding carboxylic acids is 2. The van der Waals surface area contributed by atoms with Crippen molar-refractivity contribution in [2.75, 3.05) is 38.8 Å². The molecule has 5 heterocycles. The Balaban J connectivity index is 1.20. The Bertz CT molecular complexity index is 1760. The number of esters is 1. The highest BCUT2D eigenvalue weighted by Crippen LogP contribution is 2.36. The molecule has 0 radical (unpaired) electrons. The largest absolute Gasteiger partial charge is 0.619 e. The van der Waals surface area contributed by atoms with Crippen molar-refractivity contribution in [3.63, 3.8) is 0 Å². The Morgan fingerprint density at radius 1 is 1.00 bits per heavy atom. The summed E-state index contributed by atoms with van der Waals surface area (Å²) in [5, 5.41) is 12.1.